The molecule has 0 unspecified atom stereocenters. The first kappa shape index (κ1) is 13.7. The van der Waals surface area contributed by atoms with E-state index in [-0.39, 0.29) is 6.03 Å². The lowest BCUT2D eigenvalue weighted by Gasteiger charge is -2.17. The highest BCUT2D eigenvalue weighted by Crippen LogP contribution is 2.11. The number of hydrogen-bond donors (Lipinski definition) is 1. The molecule has 1 heterocycles. The van der Waals surface area contributed by atoms with Crippen molar-refractivity contribution in [3.63, 3.8) is 0 Å². The van der Waals surface area contributed by atoms with E-state index in [9.17, 15) is 4.79 Å². The second kappa shape index (κ2) is 5.93. The van der Waals surface area contributed by atoms with Crippen LogP contribution in [0, 0.1) is 12.3 Å². The van der Waals surface area contributed by atoms with E-state index >= 15 is 0 Å². The fraction of sp³-hybridized carbons (Fsp3) is 0.200. The number of benzene rings is 1. The average molecular weight is 268 g/mol. The van der Waals surface area contributed by atoms with Crippen molar-refractivity contribution in [2.75, 3.05) is 12.4 Å². The van der Waals surface area contributed by atoms with Gasteiger partial charge in [-0.2, -0.15) is 5.10 Å². The molecule has 0 aliphatic rings. The van der Waals surface area contributed by atoms with E-state index < -0.39 is 0 Å². The van der Waals surface area contributed by atoms with Crippen LogP contribution >= 0.6 is 0 Å². The molecule has 0 atom stereocenters. The molecule has 0 spiro atoms. The maximum atomic E-state index is 12.1. The SMILES string of the molecule is C#Cc1cccc(NC(=O)N(C)Cc2cnn(C)c2)c1. The highest BCUT2D eigenvalue weighted by Gasteiger charge is 2.10. The number of carbonyl (C=O) groups is 1. The average Bonchev–Trinajstić information content (AvgIpc) is 2.84. The van der Waals surface area contributed by atoms with Crippen molar-refractivity contribution < 1.29 is 4.79 Å². The Morgan fingerprint density at radius 1 is 1.55 bits per heavy atom. The molecule has 102 valence electrons. The third kappa shape index (κ3) is 3.39. The van der Waals surface area contributed by atoms with E-state index in [4.69, 9.17) is 6.42 Å². The molecule has 20 heavy (non-hydrogen) atoms. The summed E-state index contributed by atoms with van der Waals surface area (Å²) in [6.07, 6.45) is 8.95. The highest BCUT2D eigenvalue weighted by atomic mass is 16.2. The minimum atomic E-state index is -0.192. The Bertz CT molecular complexity index is 654. The molecule has 1 N–H and O–H groups in total. The molecule has 1 aromatic carbocycles. The van der Waals surface area contributed by atoms with Gasteiger partial charge >= 0.3 is 6.03 Å². The van der Waals surface area contributed by atoms with E-state index in [0.29, 0.717) is 12.2 Å². The van der Waals surface area contributed by atoms with Gasteiger partial charge in [-0.3, -0.25) is 4.68 Å². The summed E-state index contributed by atoms with van der Waals surface area (Å²) >= 11 is 0. The zero-order valence-corrected chi connectivity index (χ0v) is 11.5. The van der Waals surface area contributed by atoms with Crippen molar-refractivity contribution in [3.8, 4) is 12.3 Å². The predicted octanol–water partition coefficient (Wildman–Crippen LogP) is 2.07. The van der Waals surface area contributed by atoms with Crippen LogP contribution in [-0.4, -0.2) is 27.8 Å². The van der Waals surface area contributed by atoms with Gasteiger partial charge in [0.15, 0.2) is 0 Å². The Kier molecular flexibility index (Phi) is 4.06. The van der Waals surface area contributed by atoms with Crippen LogP contribution in [-0.2, 0) is 13.6 Å². The fourth-order valence-electron chi connectivity index (χ4n) is 1.80. The second-order valence-corrected chi connectivity index (χ2v) is 4.53. The minimum Gasteiger partial charge on any atom is -0.323 e. The van der Waals surface area contributed by atoms with Crippen LogP contribution in [0.5, 0.6) is 0 Å². The first-order valence-corrected chi connectivity index (χ1v) is 6.15. The van der Waals surface area contributed by atoms with Gasteiger partial charge in [-0.1, -0.05) is 12.0 Å². The molecule has 0 aliphatic carbocycles. The number of hydrogen-bond acceptors (Lipinski definition) is 2. The molecule has 2 aromatic rings. The van der Waals surface area contributed by atoms with Gasteiger partial charge in [0.25, 0.3) is 0 Å². The first-order chi connectivity index (χ1) is 9.58. The van der Waals surface area contributed by atoms with Crippen molar-refractivity contribution in [3.05, 3.63) is 47.8 Å². The van der Waals surface area contributed by atoms with Gasteiger partial charge in [-0.15, -0.1) is 6.42 Å². The zero-order chi connectivity index (χ0) is 14.5. The third-order valence-electron chi connectivity index (χ3n) is 2.81. The Morgan fingerprint density at radius 2 is 2.35 bits per heavy atom. The van der Waals surface area contributed by atoms with Gasteiger partial charge in [-0.05, 0) is 18.2 Å². The van der Waals surface area contributed by atoms with Crippen molar-refractivity contribution >= 4 is 11.7 Å². The highest BCUT2D eigenvalue weighted by molar-refractivity contribution is 5.89. The van der Waals surface area contributed by atoms with E-state index in [1.54, 1.807) is 35.0 Å². The van der Waals surface area contributed by atoms with Gasteiger partial charge in [0.05, 0.1) is 12.7 Å². The maximum absolute atomic E-state index is 12.1. The topological polar surface area (TPSA) is 50.2 Å². The van der Waals surface area contributed by atoms with Gasteiger partial charge < -0.3 is 10.2 Å². The van der Waals surface area contributed by atoms with Crippen molar-refractivity contribution in [2.45, 2.75) is 6.54 Å². The molecular formula is C15H16N4O. The normalized spacial score (nSPS) is 9.85. The van der Waals surface area contributed by atoms with Gasteiger partial charge in [-0.25, -0.2) is 4.79 Å². The lowest BCUT2D eigenvalue weighted by atomic mass is 10.2. The van der Waals surface area contributed by atoms with Crippen LogP contribution in [0.4, 0.5) is 10.5 Å². The predicted molar refractivity (Wildman–Crippen MR) is 78.1 cm³/mol. The number of nitrogens with one attached hydrogen (secondary N) is 1. The molecular weight excluding hydrogens is 252 g/mol. The molecule has 0 aliphatic heterocycles. The fourth-order valence-corrected chi connectivity index (χ4v) is 1.80. The number of terminal acetylenes is 1. The van der Waals surface area contributed by atoms with Crippen LogP contribution in [0.2, 0.25) is 0 Å². The summed E-state index contributed by atoms with van der Waals surface area (Å²) in [5, 5.41) is 6.88. The Hall–Kier alpha value is -2.74. The largest absolute Gasteiger partial charge is 0.323 e. The summed E-state index contributed by atoms with van der Waals surface area (Å²) in [7, 11) is 3.57. The van der Waals surface area contributed by atoms with Gasteiger partial charge in [0.2, 0.25) is 0 Å². The standard InChI is InChI=1S/C15H16N4O/c1-4-12-6-5-7-14(8-12)17-15(20)18(2)10-13-9-16-19(3)11-13/h1,5-9,11H,10H2,2-3H3,(H,17,20). The van der Waals surface area contributed by atoms with Crippen LogP contribution < -0.4 is 5.32 Å². The second-order valence-electron chi connectivity index (χ2n) is 4.53. The maximum Gasteiger partial charge on any atom is 0.321 e. The molecule has 2 amide bonds. The van der Waals surface area contributed by atoms with Crippen LogP contribution in [0.3, 0.4) is 0 Å². The van der Waals surface area contributed by atoms with E-state index in [2.05, 4.69) is 16.3 Å². The van der Waals surface area contributed by atoms with Crippen molar-refractivity contribution in [2.24, 2.45) is 7.05 Å². The monoisotopic (exact) mass is 268 g/mol. The van der Waals surface area contributed by atoms with Crippen LogP contribution in [0.25, 0.3) is 0 Å². The number of carbonyl (C=O) groups excluding carboxylic acids is 1. The van der Waals surface area contributed by atoms with E-state index in [1.807, 2.05) is 25.4 Å². The van der Waals surface area contributed by atoms with Gasteiger partial charge in [0, 0.05) is 37.1 Å². The molecule has 0 bridgehead atoms. The molecule has 5 nitrogen and oxygen atoms in total. The molecule has 0 radical (unpaired) electrons. The minimum absolute atomic E-state index is 0.192. The summed E-state index contributed by atoms with van der Waals surface area (Å²) in [5.41, 5.74) is 2.39. The molecule has 0 fully saturated rings. The Balaban J connectivity index is 1.98. The summed E-state index contributed by atoms with van der Waals surface area (Å²) in [6, 6.07) is 7.00. The van der Waals surface area contributed by atoms with Crippen molar-refractivity contribution in [1.82, 2.24) is 14.7 Å². The summed E-state index contributed by atoms with van der Waals surface area (Å²) in [6.45, 7) is 0.495. The third-order valence-corrected chi connectivity index (χ3v) is 2.81. The van der Waals surface area contributed by atoms with Crippen LogP contribution in [0.1, 0.15) is 11.1 Å². The first-order valence-electron chi connectivity index (χ1n) is 6.15. The van der Waals surface area contributed by atoms with E-state index in [0.717, 1.165) is 11.1 Å². The number of rotatable bonds is 3. The number of anilines is 1. The Labute approximate surface area is 118 Å². The molecule has 0 saturated heterocycles. The lowest BCUT2D eigenvalue weighted by molar-refractivity contribution is 0.220. The summed E-state index contributed by atoms with van der Waals surface area (Å²) < 4.78 is 1.71. The number of amides is 2. The number of aryl methyl sites for hydroxylation is 1. The number of urea groups is 1. The number of aromatic nitrogens is 2. The Morgan fingerprint density at radius 3 is 3.00 bits per heavy atom. The quantitative estimate of drug-likeness (QED) is 0.866. The van der Waals surface area contributed by atoms with Crippen LogP contribution in [0.15, 0.2) is 36.7 Å². The number of nitrogens with zero attached hydrogens (tertiary/aromatic N) is 3. The zero-order valence-electron chi connectivity index (χ0n) is 11.5. The van der Waals surface area contributed by atoms with E-state index in [1.165, 1.54) is 0 Å². The molecule has 5 heteroatoms. The molecule has 0 saturated carbocycles. The summed E-state index contributed by atoms with van der Waals surface area (Å²) in [5.74, 6) is 2.54. The lowest BCUT2D eigenvalue weighted by Crippen LogP contribution is -2.30. The van der Waals surface area contributed by atoms with Gasteiger partial charge in [0.1, 0.15) is 0 Å². The molecule has 1 aromatic heterocycles. The summed E-state index contributed by atoms with van der Waals surface area (Å²) in [4.78, 5) is 13.6. The molecule has 2 rings (SSSR count). The van der Waals surface area contributed by atoms with Crippen molar-refractivity contribution in [1.29, 1.82) is 0 Å². The smallest absolute Gasteiger partial charge is 0.321 e.